The number of nitrogens with zero attached hydrogens (tertiary/aromatic N) is 1. The SMILES string of the molecule is COc1ccc(C(=O)C(Br)C(Br)SC#N)cc1. The summed E-state index contributed by atoms with van der Waals surface area (Å²) < 4.78 is 4.74. The number of carbonyl (C=O) groups is 1. The predicted octanol–water partition coefficient (Wildman–Crippen LogP) is 3.58. The van der Waals surface area contributed by atoms with Gasteiger partial charge >= 0.3 is 0 Å². The van der Waals surface area contributed by atoms with Crippen molar-refractivity contribution >= 4 is 49.4 Å². The van der Waals surface area contributed by atoms with E-state index < -0.39 is 4.83 Å². The van der Waals surface area contributed by atoms with Gasteiger partial charge in [-0.05, 0) is 36.0 Å². The molecule has 0 heterocycles. The minimum Gasteiger partial charge on any atom is -0.497 e. The molecule has 0 N–H and O–H groups in total. The quantitative estimate of drug-likeness (QED) is 0.446. The molecule has 0 saturated carbocycles. The van der Waals surface area contributed by atoms with Crippen LogP contribution in [0.15, 0.2) is 24.3 Å². The van der Waals surface area contributed by atoms with Crippen molar-refractivity contribution in [2.24, 2.45) is 0 Å². The number of alkyl halides is 2. The third-order valence-corrected chi connectivity index (χ3v) is 5.72. The van der Waals surface area contributed by atoms with E-state index in [-0.39, 0.29) is 9.94 Å². The summed E-state index contributed by atoms with van der Waals surface area (Å²) in [5.41, 5.74) is 0.579. The molecule has 0 amide bonds. The molecule has 2 unspecified atom stereocenters. The first kappa shape index (κ1) is 14.6. The largest absolute Gasteiger partial charge is 0.497 e. The van der Waals surface area contributed by atoms with E-state index >= 15 is 0 Å². The van der Waals surface area contributed by atoms with Crippen LogP contribution in [0.2, 0.25) is 0 Å². The van der Waals surface area contributed by atoms with E-state index in [2.05, 4.69) is 31.9 Å². The van der Waals surface area contributed by atoms with E-state index in [1.165, 1.54) is 0 Å². The Hall–Kier alpha value is -0.510. The molecule has 0 saturated heterocycles. The van der Waals surface area contributed by atoms with E-state index in [0.717, 1.165) is 11.8 Å². The number of halogens is 2. The Bertz CT molecular complexity index is 430. The van der Waals surface area contributed by atoms with Gasteiger partial charge in [0.05, 0.1) is 11.3 Å². The average molecular weight is 379 g/mol. The highest BCUT2D eigenvalue weighted by Crippen LogP contribution is 2.28. The maximum absolute atomic E-state index is 12.0. The lowest BCUT2D eigenvalue weighted by Gasteiger charge is -2.12. The monoisotopic (exact) mass is 377 g/mol. The van der Waals surface area contributed by atoms with E-state index in [9.17, 15) is 4.79 Å². The van der Waals surface area contributed by atoms with Crippen molar-refractivity contribution in [2.45, 2.75) is 8.99 Å². The summed E-state index contributed by atoms with van der Waals surface area (Å²) in [6.45, 7) is 0. The molecular weight excluding hydrogens is 370 g/mol. The molecule has 0 aliphatic heterocycles. The summed E-state index contributed by atoms with van der Waals surface area (Å²) in [6, 6.07) is 6.86. The normalized spacial score (nSPS) is 13.5. The van der Waals surface area contributed by atoms with Crippen molar-refractivity contribution in [3.8, 4) is 11.2 Å². The zero-order valence-corrected chi connectivity index (χ0v) is 12.9. The zero-order chi connectivity index (χ0) is 12.8. The number of benzene rings is 1. The van der Waals surface area contributed by atoms with Gasteiger partial charge in [-0.25, -0.2) is 0 Å². The Balaban J connectivity index is 2.78. The number of methoxy groups -OCH3 is 1. The van der Waals surface area contributed by atoms with Crippen LogP contribution in [0.5, 0.6) is 5.75 Å². The topological polar surface area (TPSA) is 50.1 Å². The first-order chi connectivity index (χ1) is 8.10. The highest BCUT2D eigenvalue weighted by Gasteiger charge is 2.25. The lowest BCUT2D eigenvalue weighted by atomic mass is 10.1. The molecule has 1 rings (SSSR count). The zero-order valence-electron chi connectivity index (χ0n) is 8.89. The number of thiocyanates is 1. The minimum atomic E-state index is -0.444. The minimum absolute atomic E-state index is 0.0720. The molecule has 0 aliphatic carbocycles. The van der Waals surface area contributed by atoms with Gasteiger partial charge in [-0.1, -0.05) is 31.9 Å². The molecule has 90 valence electrons. The number of thioether (sulfide) groups is 1. The second-order valence-electron chi connectivity index (χ2n) is 3.05. The smallest absolute Gasteiger partial charge is 0.178 e. The van der Waals surface area contributed by atoms with E-state index in [4.69, 9.17) is 10.00 Å². The van der Waals surface area contributed by atoms with Crippen molar-refractivity contribution in [1.29, 1.82) is 5.26 Å². The Labute approximate surface area is 121 Å². The summed E-state index contributed by atoms with van der Waals surface area (Å²) in [5.74, 6) is 0.631. The van der Waals surface area contributed by atoms with Crippen LogP contribution in [-0.4, -0.2) is 21.9 Å². The molecule has 0 spiro atoms. The third kappa shape index (κ3) is 4.02. The first-order valence-electron chi connectivity index (χ1n) is 4.61. The molecule has 1 aromatic carbocycles. The maximum atomic E-state index is 12.0. The highest BCUT2D eigenvalue weighted by atomic mass is 79.9. The third-order valence-electron chi connectivity index (χ3n) is 2.02. The van der Waals surface area contributed by atoms with Crippen LogP contribution in [0.4, 0.5) is 0 Å². The Morgan fingerprint density at radius 2 is 2.00 bits per heavy atom. The number of ether oxygens (including phenoxy) is 1. The number of ketones is 1. The first-order valence-corrected chi connectivity index (χ1v) is 7.32. The van der Waals surface area contributed by atoms with Gasteiger partial charge in [0.1, 0.15) is 16.0 Å². The standard InChI is InChI=1S/C11H9Br2NO2S/c1-16-8-4-2-7(3-5-8)10(15)9(12)11(13)17-6-14/h2-5,9,11H,1H3. The molecule has 0 fully saturated rings. The molecule has 0 aliphatic rings. The second kappa shape index (κ2) is 7.04. The lowest BCUT2D eigenvalue weighted by Crippen LogP contribution is -2.21. The van der Waals surface area contributed by atoms with Crippen LogP contribution < -0.4 is 4.74 Å². The van der Waals surface area contributed by atoms with Gasteiger partial charge in [-0.2, -0.15) is 5.26 Å². The van der Waals surface area contributed by atoms with Crippen LogP contribution >= 0.6 is 43.6 Å². The van der Waals surface area contributed by atoms with Crippen molar-refractivity contribution < 1.29 is 9.53 Å². The summed E-state index contributed by atoms with van der Waals surface area (Å²) in [7, 11) is 1.57. The molecule has 0 radical (unpaired) electrons. The van der Waals surface area contributed by atoms with Gasteiger partial charge in [0.2, 0.25) is 0 Å². The Morgan fingerprint density at radius 3 is 2.47 bits per heavy atom. The fourth-order valence-corrected chi connectivity index (χ4v) is 2.57. The van der Waals surface area contributed by atoms with E-state index in [1.54, 1.807) is 31.4 Å². The number of hydrogen-bond acceptors (Lipinski definition) is 4. The van der Waals surface area contributed by atoms with Crippen LogP contribution in [0.25, 0.3) is 0 Å². The number of rotatable bonds is 5. The lowest BCUT2D eigenvalue weighted by molar-refractivity contribution is 0.0995. The predicted molar refractivity (Wildman–Crippen MR) is 76.0 cm³/mol. The van der Waals surface area contributed by atoms with Crippen molar-refractivity contribution in [3.63, 3.8) is 0 Å². The Kier molecular flexibility index (Phi) is 6.03. The van der Waals surface area contributed by atoms with Gasteiger partial charge in [-0.15, -0.1) is 0 Å². The average Bonchev–Trinajstić information content (AvgIpc) is 2.37. The molecule has 6 heteroatoms. The van der Waals surface area contributed by atoms with Gasteiger partial charge < -0.3 is 4.74 Å². The highest BCUT2D eigenvalue weighted by molar-refractivity contribution is 9.13. The van der Waals surface area contributed by atoms with Gasteiger partial charge in [0, 0.05) is 5.56 Å². The summed E-state index contributed by atoms with van der Waals surface area (Å²) >= 11 is 7.56. The molecule has 2 atom stereocenters. The number of hydrogen-bond donors (Lipinski definition) is 0. The number of nitriles is 1. The van der Waals surface area contributed by atoms with E-state index in [0.29, 0.717) is 11.3 Å². The van der Waals surface area contributed by atoms with Crippen molar-refractivity contribution in [2.75, 3.05) is 7.11 Å². The fraction of sp³-hybridized carbons (Fsp3) is 0.273. The van der Waals surface area contributed by atoms with Crippen LogP contribution in [-0.2, 0) is 0 Å². The van der Waals surface area contributed by atoms with E-state index in [1.807, 2.05) is 5.40 Å². The van der Waals surface area contributed by atoms with Gasteiger partial charge in [0.15, 0.2) is 5.78 Å². The van der Waals surface area contributed by atoms with Crippen LogP contribution in [0, 0.1) is 10.7 Å². The Morgan fingerprint density at radius 1 is 1.41 bits per heavy atom. The maximum Gasteiger partial charge on any atom is 0.178 e. The number of carbonyl (C=O) groups excluding carboxylic acids is 1. The van der Waals surface area contributed by atoms with Crippen molar-refractivity contribution in [1.82, 2.24) is 0 Å². The second-order valence-corrected chi connectivity index (χ2v) is 6.56. The number of Topliss-reactive ketones (excluding diaryl/α,β-unsaturated/α-hetero) is 1. The molecule has 1 aromatic rings. The summed E-state index contributed by atoms with van der Waals surface area (Å²) in [5, 5.41) is 10.5. The summed E-state index contributed by atoms with van der Waals surface area (Å²) in [4.78, 5) is 11.6. The van der Waals surface area contributed by atoms with Crippen LogP contribution in [0.1, 0.15) is 10.4 Å². The summed E-state index contributed by atoms with van der Waals surface area (Å²) in [6.07, 6.45) is 0. The molecule has 3 nitrogen and oxygen atoms in total. The molecule has 17 heavy (non-hydrogen) atoms. The molecule has 0 bridgehead atoms. The van der Waals surface area contributed by atoms with Crippen molar-refractivity contribution in [3.05, 3.63) is 29.8 Å². The van der Waals surface area contributed by atoms with Gasteiger partial charge in [-0.3, -0.25) is 4.79 Å². The van der Waals surface area contributed by atoms with Gasteiger partial charge in [0.25, 0.3) is 0 Å². The fourth-order valence-electron chi connectivity index (χ4n) is 1.14. The van der Waals surface area contributed by atoms with Crippen LogP contribution in [0.3, 0.4) is 0 Å². The molecular formula is C11H9Br2NO2S. The molecule has 0 aromatic heterocycles.